The molecule has 2 rings (SSSR count). The minimum absolute atomic E-state index is 0.0237. The molecule has 0 saturated carbocycles. The topological polar surface area (TPSA) is 103 Å². The van der Waals surface area contributed by atoms with Gasteiger partial charge in [0.05, 0.1) is 18.4 Å². The van der Waals surface area contributed by atoms with Gasteiger partial charge in [-0.3, -0.25) is 4.79 Å². The fourth-order valence-electron chi connectivity index (χ4n) is 1.94. The zero-order valence-electron chi connectivity index (χ0n) is 12.5. The van der Waals surface area contributed by atoms with Gasteiger partial charge in [-0.15, -0.1) is 0 Å². The third-order valence-electron chi connectivity index (χ3n) is 3.01. The summed E-state index contributed by atoms with van der Waals surface area (Å²) in [5.74, 6) is 0.608. The van der Waals surface area contributed by atoms with E-state index in [1.54, 1.807) is 30.5 Å². The Morgan fingerprint density at radius 3 is 2.91 bits per heavy atom. The van der Waals surface area contributed by atoms with E-state index in [0.717, 1.165) is 0 Å². The number of benzene rings is 1. The SMILES string of the molecule is CSc1nc(-c2cccc(OCCCC#N)c2)c(C#N)c(=O)[nH]1. The second-order valence-electron chi connectivity index (χ2n) is 4.55. The van der Waals surface area contributed by atoms with Gasteiger partial charge in [-0.1, -0.05) is 23.9 Å². The van der Waals surface area contributed by atoms with Crippen LogP contribution in [0, 0.1) is 22.7 Å². The molecule has 0 aliphatic rings. The molecule has 0 amide bonds. The second kappa shape index (κ2) is 8.02. The predicted octanol–water partition coefficient (Wildman–Crippen LogP) is 2.71. The molecule has 0 atom stereocenters. The summed E-state index contributed by atoms with van der Waals surface area (Å²) in [4.78, 5) is 18.9. The molecule has 0 radical (unpaired) electrons. The minimum Gasteiger partial charge on any atom is -0.494 e. The third-order valence-corrected chi connectivity index (χ3v) is 3.59. The second-order valence-corrected chi connectivity index (χ2v) is 5.34. The van der Waals surface area contributed by atoms with E-state index < -0.39 is 5.56 Å². The number of hydrogen-bond acceptors (Lipinski definition) is 6. The molecular formula is C16H14N4O2S. The highest BCUT2D eigenvalue weighted by Crippen LogP contribution is 2.25. The van der Waals surface area contributed by atoms with E-state index in [9.17, 15) is 10.1 Å². The lowest BCUT2D eigenvalue weighted by Crippen LogP contribution is -2.14. The number of nitrogens with one attached hydrogen (secondary N) is 1. The summed E-state index contributed by atoms with van der Waals surface area (Å²) in [5.41, 5.74) is 0.496. The van der Waals surface area contributed by atoms with Crippen LogP contribution in [-0.2, 0) is 0 Å². The third kappa shape index (κ3) is 4.12. The van der Waals surface area contributed by atoms with Crippen molar-refractivity contribution in [2.24, 2.45) is 0 Å². The van der Waals surface area contributed by atoms with Gasteiger partial charge < -0.3 is 9.72 Å². The van der Waals surface area contributed by atoms with Crippen LogP contribution >= 0.6 is 11.8 Å². The molecule has 0 unspecified atom stereocenters. The van der Waals surface area contributed by atoms with Gasteiger partial charge in [0.15, 0.2) is 5.16 Å². The van der Waals surface area contributed by atoms with Crippen LogP contribution in [0.25, 0.3) is 11.3 Å². The van der Waals surface area contributed by atoms with E-state index >= 15 is 0 Å². The van der Waals surface area contributed by atoms with E-state index in [2.05, 4.69) is 16.0 Å². The predicted molar refractivity (Wildman–Crippen MR) is 87.1 cm³/mol. The van der Waals surface area contributed by atoms with Crippen LogP contribution in [0.2, 0.25) is 0 Å². The van der Waals surface area contributed by atoms with E-state index in [1.165, 1.54) is 11.8 Å². The van der Waals surface area contributed by atoms with Crippen LogP contribution < -0.4 is 10.3 Å². The molecule has 1 aromatic carbocycles. The summed E-state index contributed by atoms with van der Waals surface area (Å²) in [6, 6.07) is 11.0. The highest BCUT2D eigenvalue weighted by Gasteiger charge is 2.13. The van der Waals surface area contributed by atoms with Crippen LogP contribution in [0.15, 0.2) is 34.2 Å². The lowest BCUT2D eigenvalue weighted by Gasteiger charge is -2.08. The Morgan fingerprint density at radius 2 is 2.22 bits per heavy atom. The van der Waals surface area contributed by atoms with Crippen LogP contribution in [0.5, 0.6) is 5.75 Å². The Balaban J connectivity index is 2.36. The van der Waals surface area contributed by atoms with Crippen molar-refractivity contribution in [3.05, 3.63) is 40.2 Å². The fourth-order valence-corrected chi connectivity index (χ4v) is 2.31. The Hall–Kier alpha value is -2.77. The number of H-pyrrole nitrogens is 1. The maximum Gasteiger partial charge on any atom is 0.270 e. The standard InChI is InChI=1S/C16H14N4O2S/c1-23-16-19-14(13(10-18)15(21)20-16)11-5-4-6-12(9-11)22-8-3-2-7-17/h4-6,9H,2-3,8H2,1H3,(H,19,20,21). The number of unbranched alkanes of at least 4 members (excludes halogenated alkanes) is 1. The largest absolute Gasteiger partial charge is 0.494 e. The molecule has 1 N–H and O–H groups in total. The summed E-state index contributed by atoms with van der Waals surface area (Å²) in [5, 5.41) is 18.2. The summed E-state index contributed by atoms with van der Waals surface area (Å²) >= 11 is 1.30. The molecule has 1 heterocycles. The summed E-state index contributed by atoms with van der Waals surface area (Å²) < 4.78 is 5.58. The first kappa shape index (κ1) is 16.6. The molecule has 6 nitrogen and oxygen atoms in total. The average molecular weight is 326 g/mol. The zero-order valence-corrected chi connectivity index (χ0v) is 13.3. The maximum absolute atomic E-state index is 12.0. The summed E-state index contributed by atoms with van der Waals surface area (Å²) in [6.45, 7) is 0.432. The minimum atomic E-state index is -0.456. The van der Waals surface area contributed by atoms with Crippen molar-refractivity contribution >= 4 is 11.8 Å². The van der Waals surface area contributed by atoms with E-state index in [-0.39, 0.29) is 5.56 Å². The van der Waals surface area contributed by atoms with Crippen molar-refractivity contribution in [3.8, 4) is 29.1 Å². The van der Waals surface area contributed by atoms with Crippen molar-refractivity contribution in [2.75, 3.05) is 12.9 Å². The van der Waals surface area contributed by atoms with Gasteiger partial charge in [0.1, 0.15) is 17.4 Å². The van der Waals surface area contributed by atoms with E-state index in [4.69, 9.17) is 10.00 Å². The highest BCUT2D eigenvalue weighted by molar-refractivity contribution is 7.98. The first-order valence-electron chi connectivity index (χ1n) is 6.88. The quantitative estimate of drug-likeness (QED) is 0.497. The van der Waals surface area contributed by atoms with Gasteiger partial charge in [0.2, 0.25) is 0 Å². The Morgan fingerprint density at radius 1 is 1.39 bits per heavy atom. The molecule has 23 heavy (non-hydrogen) atoms. The molecule has 0 aliphatic heterocycles. The molecule has 0 saturated heterocycles. The molecular weight excluding hydrogens is 312 g/mol. The van der Waals surface area contributed by atoms with Crippen molar-refractivity contribution < 1.29 is 4.74 Å². The Labute approximate surface area is 137 Å². The van der Waals surface area contributed by atoms with Gasteiger partial charge in [0, 0.05) is 12.0 Å². The zero-order chi connectivity index (χ0) is 16.7. The van der Waals surface area contributed by atoms with Crippen LogP contribution in [0.3, 0.4) is 0 Å². The van der Waals surface area contributed by atoms with Crippen LogP contribution in [0.1, 0.15) is 18.4 Å². The number of nitriles is 2. The number of ether oxygens (including phenoxy) is 1. The lowest BCUT2D eigenvalue weighted by molar-refractivity contribution is 0.313. The van der Waals surface area contributed by atoms with Gasteiger partial charge in [0.25, 0.3) is 5.56 Å². The van der Waals surface area contributed by atoms with Crippen molar-refractivity contribution in [3.63, 3.8) is 0 Å². The van der Waals surface area contributed by atoms with Gasteiger partial charge in [-0.05, 0) is 24.8 Å². The number of aromatic amines is 1. The molecule has 7 heteroatoms. The lowest BCUT2D eigenvalue weighted by atomic mass is 10.1. The Bertz CT molecular complexity index is 833. The number of aromatic nitrogens is 2. The number of thioether (sulfide) groups is 1. The van der Waals surface area contributed by atoms with E-state index in [1.807, 2.05) is 6.07 Å². The highest BCUT2D eigenvalue weighted by atomic mass is 32.2. The number of rotatable bonds is 6. The molecule has 2 aromatic rings. The molecule has 0 bridgehead atoms. The molecule has 0 spiro atoms. The van der Waals surface area contributed by atoms with E-state index in [0.29, 0.717) is 41.6 Å². The first-order valence-corrected chi connectivity index (χ1v) is 8.10. The van der Waals surface area contributed by atoms with Crippen LogP contribution in [-0.4, -0.2) is 22.8 Å². The fraction of sp³-hybridized carbons (Fsp3) is 0.250. The van der Waals surface area contributed by atoms with Crippen molar-refractivity contribution in [1.29, 1.82) is 10.5 Å². The van der Waals surface area contributed by atoms with Gasteiger partial charge in [-0.25, -0.2) is 4.98 Å². The molecule has 1 aromatic heterocycles. The molecule has 0 fully saturated rings. The number of hydrogen-bond donors (Lipinski definition) is 1. The smallest absolute Gasteiger partial charge is 0.270 e. The van der Waals surface area contributed by atoms with Gasteiger partial charge in [-0.2, -0.15) is 10.5 Å². The molecule has 116 valence electrons. The van der Waals surface area contributed by atoms with Crippen molar-refractivity contribution in [1.82, 2.24) is 9.97 Å². The van der Waals surface area contributed by atoms with Crippen LogP contribution in [0.4, 0.5) is 0 Å². The normalized spacial score (nSPS) is 9.87. The maximum atomic E-state index is 12.0. The number of nitrogens with zero attached hydrogens (tertiary/aromatic N) is 3. The summed E-state index contributed by atoms with van der Waals surface area (Å²) in [6.07, 6.45) is 2.87. The average Bonchev–Trinajstić information content (AvgIpc) is 2.58. The first-order chi connectivity index (χ1) is 11.2. The molecule has 0 aliphatic carbocycles. The van der Waals surface area contributed by atoms with Gasteiger partial charge >= 0.3 is 0 Å². The Kier molecular flexibility index (Phi) is 5.79. The van der Waals surface area contributed by atoms with Crippen molar-refractivity contribution in [2.45, 2.75) is 18.0 Å². The monoisotopic (exact) mass is 326 g/mol. The summed E-state index contributed by atoms with van der Waals surface area (Å²) in [7, 11) is 0.